The van der Waals surface area contributed by atoms with Crippen LogP contribution in [0.5, 0.6) is 0 Å². The van der Waals surface area contributed by atoms with Crippen molar-refractivity contribution < 1.29 is 28.6 Å². The molecule has 7 heteroatoms. The first-order valence-corrected chi connectivity index (χ1v) is 23.6. The van der Waals surface area contributed by atoms with E-state index in [1.54, 1.807) is 0 Å². The molecule has 0 spiro atoms. The fourth-order valence-electron chi connectivity index (χ4n) is 6.97. The Bertz CT molecular complexity index is 896. The zero-order valence-corrected chi connectivity index (χ0v) is 37.8. The minimum absolute atomic E-state index is 0.00838. The van der Waals surface area contributed by atoms with E-state index in [2.05, 4.69) is 43.3 Å². The molecule has 0 saturated heterocycles. The van der Waals surface area contributed by atoms with E-state index in [9.17, 15) is 14.4 Å². The summed E-state index contributed by atoms with van der Waals surface area (Å²) < 4.78 is 16.4. The van der Waals surface area contributed by atoms with Crippen molar-refractivity contribution in [2.75, 3.05) is 20.6 Å². The molecule has 0 aliphatic heterocycles. The molecule has 0 fully saturated rings. The summed E-state index contributed by atoms with van der Waals surface area (Å²) >= 11 is 0. The lowest BCUT2D eigenvalue weighted by Gasteiger charge is -2.18. The van der Waals surface area contributed by atoms with Gasteiger partial charge in [0.25, 0.3) is 0 Å². The SMILES string of the molecule is CC(C)OC(=O)CCCCCCC/C=C\CCCCCCCCC(CCCCCCCC/C=C\CCCCCCCC(=O)OC(C)C)OC(=O)CCCN(C)C. The zero-order chi connectivity index (χ0) is 41.3. The average molecular weight is 790 g/mol. The van der Waals surface area contributed by atoms with Gasteiger partial charge in [-0.2, -0.15) is 0 Å². The second-order valence-electron chi connectivity index (χ2n) is 17.0. The molecule has 0 aromatic heterocycles. The second-order valence-corrected chi connectivity index (χ2v) is 17.0. The maximum atomic E-state index is 12.6. The van der Waals surface area contributed by atoms with Gasteiger partial charge in [-0.15, -0.1) is 0 Å². The fourth-order valence-corrected chi connectivity index (χ4v) is 6.97. The number of carbonyl (C=O) groups is 3. The van der Waals surface area contributed by atoms with Gasteiger partial charge < -0.3 is 19.1 Å². The molecule has 0 heterocycles. The van der Waals surface area contributed by atoms with Crippen LogP contribution in [0.25, 0.3) is 0 Å². The third-order valence-electron chi connectivity index (χ3n) is 10.1. The molecular formula is C49H91NO6. The summed E-state index contributed by atoms with van der Waals surface area (Å²) in [4.78, 5) is 37.9. The van der Waals surface area contributed by atoms with E-state index >= 15 is 0 Å². The van der Waals surface area contributed by atoms with E-state index in [-0.39, 0.29) is 36.2 Å². The Morgan fingerprint density at radius 1 is 0.393 bits per heavy atom. The predicted molar refractivity (Wildman–Crippen MR) is 237 cm³/mol. The van der Waals surface area contributed by atoms with Crippen molar-refractivity contribution in [1.82, 2.24) is 4.90 Å². The molecule has 0 radical (unpaired) electrons. The molecule has 0 unspecified atom stereocenters. The van der Waals surface area contributed by atoms with Crippen LogP contribution in [-0.2, 0) is 28.6 Å². The summed E-state index contributed by atoms with van der Waals surface area (Å²) in [6.45, 7) is 8.52. The van der Waals surface area contributed by atoms with Crippen molar-refractivity contribution in [3.8, 4) is 0 Å². The smallest absolute Gasteiger partial charge is 0.306 e. The molecule has 0 saturated carbocycles. The van der Waals surface area contributed by atoms with Crippen molar-refractivity contribution in [1.29, 1.82) is 0 Å². The Morgan fingerprint density at radius 3 is 1.02 bits per heavy atom. The number of hydrogen-bond donors (Lipinski definition) is 0. The predicted octanol–water partition coefficient (Wildman–Crippen LogP) is 14.0. The number of nitrogens with zero attached hydrogens (tertiary/aromatic N) is 1. The number of esters is 3. The van der Waals surface area contributed by atoms with E-state index in [0.717, 1.165) is 64.3 Å². The number of carbonyl (C=O) groups excluding carboxylic acids is 3. The number of allylic oxidation sites excluding steroid dienone is 4. The lowest BCUT2D eigenvalue weighted by molar-refractivity contribution is -0.150. The molecule has 0 N–H and O–H groups in total. The molecule has 0 aromatic carbocycles. The lowest BCUT2D eigenvalue weighted by Crippen LogP contribution is -2.20. The highest BCUT2D eigenvalue weighted by Crippen LogP contribution is 2.19. The highest BCUT2D eigenvalue weighted by atomic mass is 16.5. The van der Waals surface area contributed by atoms with E-state index < -0.39 is 0 Å². The first-order chi connectivity index (χ1) is 27.1. The number of rotatable bonds is 41. The van der Waals surface area contributed by atoms with Crippen LogP contribution in [-0.4, -0.2) is 61.8 Å². The molecule has 7 nitrogen and oxygen atoms in total. The van der Waals surface area contributed by atoms with Gasteiger partial charge in [-0.3, -0.25) is 14.4 Å². The first kappa shape index (κ1) is 53.9. The van der Waals surface area contributed by atoms with Crippen LogP contribution in [0.3, 0.4) is 0 Å². The molecule has 328 valence electrons. The van der Waals surface area contributed by atoms with Crippen molar-refractivity contribution in [2.24, 2.45) is 0 Å². The lowest BCUT2D eigenvalue weighted by atomic mass is 10.0. The third kappa shape index (κ3) is 43.0. The third-order valence-corrected chi connectivity index (χ3v) is 10.1. The molecule has 0 bridgehead atoms. The zero-order valence-electron chi connectivity index (χ0n) is 37.8. The number of ether oxygens (including phenoxy) is 3. The molecule has 0 atom stereocenters. The Balaban J connectivity index is 3.93. The highest BCUT2D eigenvalue weighted by molar-refractivity contribution is 5.70. The number of hydrogen-bond acceptors (Lipinski definition) is 7. The van der Waals surface area contributed by atoms with Crippen molar-refractivity contribution in [2.45, 2.75) is 251 Å². The van der Waals surface area contributed by atoms with Crippen LogP contribution in [0, 0.1) is 0 Å². The Kier molecular flexibility index (Phi) is 39.5. The second kappa shape index (κ2) is 41.0. The Hall–Kier alpha value is -2.15. The maximum absolute atomic E-state index is 12.6. The van der Waals surface area contributed by atoms with Crippen LogP contribution in [0.15, 0.2) is 24.3 Å². The van der Waals surface area contributed by atoms with Crippen LogP contribution in [0.4, 0.5) is 0 Å². The van der Waals surface area contributed by atoms with Crippen LogP contribution >= 0.6 is 0 Å². The molecule has 0 amide bonds. The van der Waals surface area contributed by atoms with E-state index in [0.29, 0.717) is 19.3 Å². The Morgan fingerprint density at radius 2 is 0.679 bits per heavy atom. The normalized spacial score (nSPS) is 12.0. The molecular weight excluding hydrogens is 699 g/mol. The van der Waals surface area contributed by atoms with E-state index in [1.165, 1.54) is 128 Å². The summed E-state index contributed by atoms with van der Waals surface area (Å²) in [6, 6.07) is 0. The summed E-state index contributed by atoms with van der Waals surface area (Å²) in [6.07, 6.45) is 45.2. The summed E-state index contributed by atoms with van der Waals surface area (Å²) in [5, 5.41) is 0. The Labute approximate surface area is 346 Å². The minimum Gasteiger partial charge on any atom is -0.463 e. The molecule has 56 heavy (non-hydrogen) atoms. The number of unbranched alkanes of at least 4 members (excludes halogenated alkanes) is 22. The standard InChI is InChI=1S/C49H91NO6/c1-44(2)54-47(51)40-35-31-27-23-19-15-11-7-9-13-17-21-25-29-33-38-46(56-49(53)42-37-43-50(5)6)39-34-30-26-22-18-14-10-8-12-16-20-24-28-32-36-41-48(52)55-45(3)4/h7-8,11-12,44-46H,9-10,13-43H2,1-6H3/b11-7-,12-8-. The monoisotopic (exact) mass is 790 g/mol. The van der Waals surface area contributed by atoms with Gasteiger partial charge >= 0.3 is 17.9 Å². The average Bonchev–Trinajstić information content (AvgIpc) is 3.13. The van der Waals surface area contributed by atoms with Crippen molar-refractivity contribution in [3.05, 3.63) is 24.3 Å². The largest absolute Gasteiger partial charge is 0.463 e. The van der Waals surface area contributed by atoms with E-state index in [1.807, 2.05) is 27.7 Å². The van der Waals surface area contributed by atoms with Gasteiger partial charge in [-0.05, 0) is 145 Å². The van der Waals surface area contributed by atoms with Gasteiger partial charge in [-0.1, -0.05) is 114 Å². The quantitative estimate of drug-likeness (QED) is 0.0264. The fraction of sp³-hybridized carbons (Fsp3) is 0.857. The van der Waals surface area contributed by atoms with Gasteiger partial charge in [0, 0.05) is 19.3 Å². The van der Waals surface area contributed by atoms with Crippen LogP contribution < -0.4 is 0 Å². The summed E-state index contributed by atoms with van der Waals surface area (Å²) in [5.41, 5.74) is 0. The molecule has 0 aliphatic rings. The highest BCUT2D eigenvalue weighted by Gasteiger charge is 2.14. The topological polar surface area (TPSA) is 82.1 Å². The first-order valence-electron chi connectivity index (χ1n) is 23.6. The van der Waals surface area contributed by atoms with Gasteiger partial charge in [0.1, 0.15) is 6.10 Å². The summed E-state index contributed by atoms with van der Waals surface area (Å²) in [7, 11) is 4.10. The van der Waals surface area contributed by atoms with Gasteiger partial charge in [0.05, 0.1) is 12.2 Å². The van der Waals surface area contributed by atoms with Crippen molar-refractivity contribution in [3.63, 3.8) is 0 Å². The van der Waals surface area contributed by atoms with Crippen LogP contribution in [0.1, 0.15) is 233 Å². The summed E-state index contributed by atoms with van der Waals surface area (Å²) in [5.74, 6) is -0.134. The molecule has 0 aliphatic carbocycles. The van der Waals surface area contributed by atoms with Gasteiger partial charge in [-0.25, -0.2) is 0 Å². The maximum Gasteiger partial charge on any atom is 0.306 e. The molecule has 0 aromatic rings. The van der Waals surface area contributed by atoms with Gasteiger partial charge in [0.2, 0.25) is 0 Å². The molecule has 0 rings (SSSR count). The van der Waals surface area contributed by atoms with Crippen molar-refractivity contribution >= 4 is 17.9 Å². The van der Waals surface area contributed by atoms with Crippen LogP contribution in [0.2, 0.25) is 0 Å². The van der Waals surface area contributed by atoms with Gasteiger partial charge in [0.15, 0.2) is 0 Å². The van der Waals surface area contributed by atoms with E-state index in [4.69, 9.17) is 14.2 Å². The minimum atomic E-state index is -0.0600.